The Labute approximate surface area is 109 Å². The molecule has 3 nitrogen and oxygen atoms in total. The molecule has 1 saturated carbocycles. The normalized spacial score (nSPS) is 23.7. The lowest BCUT2D eigenvalue weighted by Crippen LogP contribution is -2.29. The molecule has 1 aliphatic carbocycles. The monoisotopic (exact) mass is 249 g/mol. The predicted molar refractivity (Wildman–Crippen MR) is 74.4 cm³/mol. The molecule has 100 valence electrons. The molecule has 1 fully saturated rings. The second kappa shape index (κ2) is 6.10. The minimum absolute atomic E-state index is 0.447. The quantitative estimate of drug-likeness (QED) is 0.887. The second-order valence-electron chi connectivity index (χ2n) is 5.06. The second-order valence-corrected chi connectivity index (χ2v) is 5.06. The topological polar surface area (TPSA) is 30.5 Å². The fourth-order valence-electron chi connectivity index (χ4n) is 2.58. The van der Waals surface area contributed by atoms with Crippen LogP contribution in [0.5, 0.6) is 5.75 Å². The smallest absolute Gasteiger partial charge is 0.142 e. The van der Waals surface area contributed by atoms with Gasteiger partial charge in [-0.1, -0.05) is 6.07 Å². The summed E-state index contributed by atoms with van der Waals surface area (Å²) in [5, 5.41) is 3.59. The molecule has 0 radical (unpaired) electrons. The van der Waals surface area contributed by atoms with Gasteiger partial charge in [0.05, 0.1) is 18.9 Å². The number of anilines is 1. The zero-order valence-corrected chi connectivity index (χ0v) is 11.5. The lowest BCUT2D eigenvalue weighted by molar-refractivity contribution is 0.0681. The van der Waals surface area contributed by atoms with Crippen molar-refractivity contribution in [2.75, 3.05) is 19.5 Å². The highest BCUT2D eigenvalue weighted by Gasteiger charge is 2.21. The van der Waals surface area contributed by atoms with E-state index in [0.717, 1.165) is 37.1 Å². The molecular weight excluding hydrogens is 226 g/mol. The SMILES string of the molecule is COc1cc(C)ccc1NC1CCC(OC)CC1. The van der Waals surface area contributed by atoms with Gasteiger partial charge in [-0.25, -0.2) is 0 Å². The summed E-state index contributed by atoms with van der Waals surface area (Å²) in [5.41, 5.74) is 2.32. The molecule has 2 rings (SSSR count). The van der Waals surface area contributed by atoms with Crippen molar-refractivity contribution in [1.29, 1.82) is 0 Å². The third kappa shape index (κ3) is 3.16. The highest BCUT2D eigenvalue weighted by molar-refractivity contribution is 5.58. The Hall–Kier alpha value is -1.22. The number of hydrogen-bond acceptors (Lipinski definition) is 3. The summed E-state index contributed by atoms with van der Waals surface area (Å²) in [6.07, 6.45) is 5.05. The van der Waals surface area contributed by atoms with Crippen LogP contribution in [0.1, 0.15) is 31.2 Å². The Balaban J connectivity index is 1.97. The number of benzene rings is 1. The standard InChI is InChI=1S/C15H23NO2/c1-11-4-9-14(15(10-11)18-3)16-12-5-7-13(17-2)8-6-12/h4,9-10,12-13,16H,5-8H2,1-3H3. The van der Waals surface area contributed by atoms with Gasteiger partial charge in [0.1, 0.15) is 5.75 Å². The maximum Gasteiger partial charge on any atom is 0.142 e. The van der Waals surface area contributed by atoms with Crippen molar-refractivity contribution < 1.29 is 9.47 Å². The predicted octanol–water partition coefficient (Wildman–Crippen LogP) is 3.37. The maximum atomic E-state index is 5.42. The van der Waals surface area contributed by atoms with E-state index in [1.54, 1.807) is 14.2 Å². The summed E-state index contributed by atoms with van der Waals surface area (Å²) < 4.78 is 10.8. The van der Waals surface area contributed by atoms with Crippen LogP contribution in [0.2, 0.25) is 0 Å². The molecule has 0 aromatic heterocycles. The summed E-state index contributed by atoms with van der Waals surface area (Å²) in [7, 11) is 3.53. The van der Waals surface area contributed by atoms with Crippen LogP contribution < -0.4 is 10.1 Å². The molecule has 1 aliphatic rings. The molecule has 18 heavy (non-hydrogen) atoms. The molecule has 1 N–H and O–H groups in total. The number of hydrogen-bond donors (Lipinski definition) is 1. The van der Waals surface area contributed by atoms with Crippen LogP contribution in [0.15, 0.2) is 18.2 Å². The van der Waals surface area contributed by atoms with Crippen molar-refractivity contribution in [3.8, 4) is 5.75 Å². The Kier molecular flexibility index (Phi) is 4.48. The summed E-state index contributed by atoms with van der Waals surface area (Å²) >= 11 is 0. The lowest BCUT2D eigenvalue weighted by atomic mass is 9.92. The van der Waals surface area contributed by atoms with Crippen molar-refractivity contribution >= 4 is 5.69 Å². The number of rotatable bonds is 4. The van der Waals surface area contributed by atoms with Crippen molar-refractivity contribution in [1.82, 2.24) is 0 Å². The third-order valence-corrected chi connectivity index (χ3v) is 3.72. The molecule has 3 heteroatoms. The van der Waals surface area contributed by atoms with E-state index >= 15 is 0 Å². The zero-order chi connectivity index (χ0) is 13.0. The first-order chi connectivity index (χ1) is 8.72. The van der Waals surface area contributed by atoms with Gasteiger partial charge in [-0.05, 0) is 50.3 Å². The Morgan fingerprint density at radius 1 is 1.11 bits per heavy atom. The average Bonchev–Trinajstić information content (AvgIpc) is 2.41. The van der Waals surface area contributed by atoms with E-state index in [2.05, 4.69) is 30.4 Å². The van der Waals surface area contributed by atoms with Crippen LogP contribution in [0.3, 0.4) is 0 Å². The van der Waals surface area contributed by atoms with Crippen LogP contribution in [0.25, 0.3) is 0 Å². The molecule has 0 spiro atoms. The fourth-order valence-corrected chi connectivity index (χ4v) is 2.58. The highest BCUT2D eigenvalue weighted by atomic mass is 16.5. The molecule has 0 unspecified atom stereocenters. The van der Waals surface area contributed by atoms with E-state index in [0.29, 0.717) is 12.1 Å². The highest BCUT2D eigenvalue weighted by Crippen LogP contribution is 2.29. The van der Waals surface area contributed by atoms with Crippen LogP contribution in [-0.2, 0) is 4.74 Å². The van der Waals surface area contributed by atoms with Crippen molar-refractivity contribution in [3.05, 3.63) is 23.8 Å². The van der Waals surface area contributed by atoms with Crippen LogP contribution in [0, 0.1) is 6.92 Å². The van der Waals surface area contributed by atoms with Crippen molar-refractivity contribution in [3.63, 3.8) is 0 Å². The number of ether oxygens (including phenoxy) is 2. The van der Waals surface area contributed by atoms with Gasteiger partial charge >= 0.3 is 0 Å². The minimum atomic E-state index is 0.447. The van der Waals surface area contributed by atoms with Crippen LogP contribution in [-0.4, -0.2) is 26.4 Å². The minimum Gasteiger partial charge on any atom is -0.495 e. The molecule has 0 bridgehead atoms. The largest absolute Gasteiger partial charge is 0.495 e. The molecule has 1 aromatic carbocycles. The van der Waals surface area contributed by atoms with Gasteiger partial charge in [0, 0.05) is 13.2 Å². The summed E-state index contributed by atoms with van der Waals surface area (Å²) in [6.45, 7) is 2.08. The van der Waals surface area contributed by atoms with E-state index in [4.69, 9.17) is 9.47 Å². The van der Waals surface area contributed by atoms with E-state index in [1.165, 1.54) is 5.56 Å². The van der Waals surface area contributed by atoms with Gasteiger partial charge < -0.3 is 14.8 Å². The van der Waals surface area contributed by atoms with Gasteiger partial charge in [0.25, 0.3) is 0 Å². The molecule has 0 amide bonds. The molecule has 0 atom stereocenters. The Morgan fingerprint density at radius 2 is 1.83 bits per heavy atom. The van der Waals surface area contributed by atoms with E-state index in [9.17, 15) is 0 Å². The van der Waals surface area contributed by atoms with Gasteiger partial charge in [-0.3, -0.25) is 0 Å². The first kappa shape index (κ1) is 13.2. The molecule has 0 aliphatic heterocycles. The van der Waals surface area contributed by atoms with Gasteiger partial charge in [0.15, 0.2) is 0 Å². The van der Waals surface area contributed by atoms with E-state index < -0.39 is 0 Å². The number of aryl methyl sites for hydroxylation is 1. The summed E-state index contributed by atoms with van der Waals surface area (Å²) in [6, 6.07) is 6.83. The van der Waals surface area contributed by atoms with Gasteiger partial charge in [-0.15, -0.1) is 0 Å². The molecule has 0 heterocycles. The first-order valence-corrected chi connectivity index (χ1v) is 6.67. The van der Waals surface area contributed by atoms with Gasteiger partial charge in [-0.2, -0.15) is 0 Å². The lowest BCUT2D eigenvalue weighted by Gasteiger charge is -2.29. The van der Waals surface area contributed by atoms with Crippen LogP contribution in [0.4, 0.5) is 5.69 Å². The summed E-state index contributed by atoms with van der Waals surface area (Å²) in [4.78, 5) is 0. The van der Waals surface area contributed by atoms with Crippen LogP contribution >= 0.6 is 0 Å². The first-order valence-electron chi connectivity index (χ1n) is 6.67. The van der Waals surface area contributed by atoms with E-state index in [1.807, 2.05) is 0 Å². The van der Waals surface area contributed by atoms with Crippen molar-refractivity contribution in [2.24, 2.45) is 0 Å². The van der Waals surface area contributed by atoms with E-state index in [-0.39, 0.29) is 0 Å². The molecular formula is C15H23NO2. The number of nitrogens with one attached hydrogen (secondary N) is 1. The Morgan fingerprint density at radius 3 is 2.44 bits per heavy atom. The maximum absolute atomic E-state index is 5.42. The average molecular weight is 249 g/mol. The third-order valence-electron chi connectivity index (χ3n) is 3.72. The summed E-state index contributed by atoms with van der Waals surface area (Å²) in [5.74, 6) is 0.934. The Bertz CT molecular complexity index is 384. The van der Waals surface area contributed by atoms with Crippen molar-refractivity contribution in [2.45, 2.75) is 44.8 Å². The van der Waals surface area contributed by atoms with Gasteiger partial charge in [0.2, 0.25) is 0 Å². The zero-order valence-electron chi connectivity index (χ0n) is 11.5. The molecule has 0 saturated heterocycles. The fraction of sp³-hybridized carbons (Fsp3) is 0.600. The number of methoxy groups -OCH3 is 2. The molecule has 1 aromatic rings.